The van der Waals surface area contributed by atoms with Gasteiger partial charge in [0.2, 0.25) is 0 Å². The summed E-state index contributed by atoms with van der Waals surface area (Å²) in [6.07, 6.45) is 5.36. The minimum absolute atomic E-state index is 0.232. The Bertz CT molecular complexity index is 261. The number of nitrogens with two attached hydrogens (primary N) is 1. The first kappa shape index (κ1) is 12.0. The van der Waals surface area contributed by atoms with Crippen molar-refractivity contribution in [2.45, 2.75) is 45.1 Å². The Hall–Kier alpha value is -0.0900. The number of hydrogen-bond donors (Lipinski definition) is 1. The molecule has 14 heavy (non-hydrogen) atoms. The number of sulfone groups is 1. The van der Waals surface area contributed by atoms with E-state index >= 15 is 0 Å². The van der Waals surface area contributed by atoms with E-state index in [1.807, 2.05) is 0 Å². The third-order valence-electron chi connectivity index (χ3n) is 3.21. The van der Waals surface area contributed by atoms with Gasteiger partial charge in [-0.25, -0.2) is 8.42 Å². The first-order valence-electron chi connectivity index (χ1n) is 5.51. The third kappa shape index (κ3) is 3.58. The molecule has 1 rings (SSSR count). The molecule has 1 aliphatic rings. The van der Waals surface area contributed by atoms with Gasteiger partial charge in [0, 0.05) is 11.8 Å². The predicted molar refractivity (Wildman–Crippen MR) is 58.9 cm³/mol. The molecular weight excluding hydrogens is 198 g/mol. The van der Waals surface area contributed by atoms with E-state index in [4.69, 9.17) is 5.73 Å². The van der Waals surface area contributed by atoms with E-state index in [9.17, 15) is 8.42 Å². The summed E-state index contributed by atoms with van der Waals surface area (Å²) in [6.45, 7) is 1.70. The van der Waals surface area contributed by atoms with E-state index in [1.165, 1.54) is 12.8 Å². The quantitative estimate of drug-likeness (QED) is 0.776. The third-order valence-corrected chi connectivity index (χ3v) is 4.94. The van der Waals surface area contributed by atoms with Crippen LogP contribution in [0.15, 0.2) is 0 Å². The van der Waals surface area contributed by atoms with Crippen LogP contribution >= 0.6 is 0 Å². The van der Waals surface area contributed by atoms with E-state index in [0.29, 0.717) is 11.7 Å². The van der Waals surface area contributed by atoms with Crippen LogP contribution < -0.4 is 5.73 Å². The summed E-state index contributed by atoms with van der Waals surface area (Å²) >= 11 is 0. The largest absolute Gasteiger partial charge is 0.327 e. The molecule has 1 saturated carbocycles. The highest BCUT2D eigenvalue weighted by molar-refractivity contribution is 7.91. The molecule has 0 radical (unpaired) electrons. The van der Waals surface area contributed by atoms with Crippen LogP contribution in [0.25, 0.3) is 0 Å². The molecule has 4 heteroatoms. The Balaban J connectivity index is 2.36. The van der Waals surface area contributed by atoms with Gasteiger partial charge < -0.3 is 5.73 Å². The molecule has 3 nitrogen and oxygen atoms in total. The van der Waals surface area contributed by atoms with Gasteiger partial charge in [0.1, 0.15) is 9.84 Å². The van der Waals surface area contributed by atoms with Crippen molar-refractivity contribution >= 4 is 9.84 Å². The molecule has 0 heterocycles. The molecule has 1 fully saturated rings. The van der Waals surface area contributed by atoms with Crippen molar-refractivity contribution in [1.29, 1.82) is 0 Å². The molecule has 84 valence electrons. The average Bonchev–Trinajstić information content (AvgIpc) is 2.17. The topological polar surface area (TPSA) is 60.2 Å². The highest BCUT2D eigenvalue weighted by Gasteiger charge is 2.23. The summed E-state index contributed by atoms with van der Waals surface area (Å²) < 4.78 is 22.6. The Morgan fingerprint density at radius 3 is 2.50 bits per heavy atom. The van der Waals surface area contributed by atoms with Crippen LogP contribution in [0.1, 0.15) is 39.0 Å². The van der Waals surface area contributed by atoms with Crippen LogP contribution in [0.2, 0.25) is 0 Å². The van der Waals surface area contributed by atoms with E-state index in [1.54, 1.807) is 6.92 Å². The van der Waals surface area contributed by atoms with Gasteiger partial charge in [-0.2, -0.15) is 0 Å². The van der Waals surface area contributed by atoms with Crippen molar-refractivity contribution in [2.75, 3.05) is 11.5 Å². The fourth-order valence-electron chi connectivity index (χ4n) is 2.07. The Labute approximate surface area is 87.0 Å². The molecule has 2 atom stereocenters. The molecule has 0 saturated heterocycles. The molecule has 0 aromatic rings. The van der Waals surface area contributed by atoms with Gasteiger partial charge in [-0.15, -0.1) is 0 Å². The Kier molecular flexibility index (Phi) is 4.38. The number of hydrogen-bond acceptors (Lipinski definition) is 3. The first-order chi connectivity index (χ1) is 6.55. The minimum atomic E-state index is -2.80. The minimum Gasteiger partial charge on any atom is -0.327 e. The highest BCUT2D eigenvalue weighted by atomic mass is 32.2. The highest BCUT2D eigenvalue weighted by Crippen LogP contribution is 2.25. The van der Waals surface area contributed by atoms with Gasteiger partial charge in [-0.05, 0) is 25.2 Å². The maximum atomic E-state index is 11.3. The monoisotopic (exact) mass is 219 g/mol. The van der Waals surface area contributed by atoms with Crippen LogP contribution in [0.4, 0.5) is 0 Å². The van der Waals surface area contributed by atoms with Crippen molar-refractivity contribution in [3.05, 3.63) is 0 Å². The van der Waals surface area contributed by atoms with Crippen LogP contribution in [0.3, 0.4) is 0 Å². The molecular formula is C10H21NO2S. The van der Waals surface area contributed by atoms with E-state index in [0.717, 1.165) is 19.3 Å². The molecule has 1 aliphatic carbocycles. The Morgan fingerprint density at radius 1 is 1.29 bits per heavy atom. The lowest BCUT2D eigenvalue weighted by molar-refractivity contribution is 0.301. The lowest BCUT2D eigenvalue weighted by Crippen LogP contribution is -2.34. The molecule has 0 amide bonds. The summed E-state index contributed by atoms with van der Waals surface area (Å²) in [5.74, 6) is 1.02. The van der Waals surface area contributed by atoms with Crippen molar-refractivity contribution in [3.8, 4) is 0 Å². The second-order valence-corrected chi connectivity index (χ2v) is 6.71. The van der Waals surface area contributed by atoms with Crippen molar-refractivity contribution in [2.24, 2.45) is 11.7 Å². The normalized spacial score (nSPS) is 29.0. The molecule has 0 aromatic heterocycles. The van der Waals surface area contributed by atoms with Crippen molar-refractivity contribution in [3.63, 3.8) is 0 Å². The van der Waals surface area contributed by atoms with E-state index in [2.05, 4.69) is 0 Å². The van der Waals surface area contributed by atoms with Gasteiger partial charge >= 0.3 is 0 Å². The second-order valence-electron chi connectivity index (χ2n) is 4.23. The van der Waals surface area contributed by atoms with Gasteiger partial charge in [-0.1, -0.05) is 19.8 Å². The first-order valence-corrected chi connectivity index (χ1v) is 7.33. The molecule has 0 aromatic carbocycles. The van der Waals surface area contributed by atoms with Crippen molar-refractivity contribution < 1.29 is 8.42 Å². The average molecular weight is 219 g/mol. The molecule has 0 bridgehead atoms. The van der Waals surface area contributed by atoms with Gasteiger partial charge in [0.15, 0.2) is 0 Å². The van der Waals surface area contributed by atoms with Crippen molar-refractivity contribution in [1.82, 2.24) is 0 Å². The summed E-state index contributed by atoms with van der Waals surface area (Å²) in [6, 6.07) is 0.232. The second kappa shape index (κ2) is 5.12. The molecule has 2 unspecified atom stereocenters. The fraction of sp³-hybridized carbons (Fsp3) is 1.00. The van der Waals surface area contributed by atoms with Crippen LogP contribution in [0, 0.1) is 5.92 Å². The Morgan fingerprint density at radius 2 is 1.93 bits per heavy atom. The molecule has 0 aliphatic heterocycles. The summed E-state index contributed by atoms with van der Waals surface area (Å²) in [5.41, 5.74) is 5.95. The summed E-state index contributed by atoms with van der Waals surface area (Å²) in [4.78, 5) is 0. The maximum absolute atomic E-state index is 11.3. The van der Waals surface area contributed by atoms with E-state index in [-0.39, 0.29) is 11.8 Å². The fourth-order valence-corrected chi connectivity index (χ4v) is 3.02. The van der Waals surface area contributed by atoms with Crippen LogP contribution in [-0.2, 0) is 9.84 Å². The predicted octanol–water partition coefficient (Wildman–Crippen LogP) is 1.33. The zero-order chi connectivity index (χ0) is 10.6. The number of rotatable bonds is 4. The smallest absolute Gasteiger partial charge is 0.150 e. The van der Waals surface area contributed by atoms with Gasteiger partial charge in [0.05, 0.1) is 5.75 Å². The van der Waals surface area contributed by atoms with E-state index < -0.39 is 9.84 Å². The zero-order valence-corrected chi connectivity index (χ0v) is 9.72. The zero-order valence-electron chi connectivity index (χ0n) is 8.91. The lowest BCUT2D eigenvalue weighted by Gasteiger charge is -2.28. The molecule has 2 N–H and O–H groups in total. The summed E-state index contributed by atoms with van der Waals surface area (Å²) in [5, 5.41) is 0. The molecule has 0 spiro atoms. The van der Waals surface area contributed by atoms with Crippen LogP contribution in [-0.4, -0.2) is 26.0 Å². The summed E-state index contributed by atoms with van der Waals surface area (Å²) in [7, 11) is -2.80. The van der Waals surface area contributed by atoms with Crippen LogP contribution in [0.5, 0.6) is 0 Å². The lowest BCUT2D eigenvalue weighted by atomic mass is 9.83. The van der Waals surface area contributed by atoms with Gasteiger partial charge in [-0.3, -0.25) is 0 Å². The standard InChI is InChI=1S/C10H21NO2S/c1-2-14(12,13)8-7-9-5-3-4-6-10(9)11/h9-10H,2-8,11H2,1H3. The SMILES string of the molecule is CCS(=O)(=O)CCC1CCCCC1N. The maximum Gasteiger partial charge on any atom is 0.150 e. The van der Waals surface area contributed by atoms with Gasteiger partial charge in [0.25, 0.3) is 0 Å².